The number of hydrogen-bond donors (Lipinski definition) is 1. The average molecular weight is 425 g/mol. The lowest BCUT2D eigenvalue weighted by Crippen LogP contribution is -2.42. The zero-order chi connectivity index (χ0) is 15.0. The molecule has 2 fully saturated rings. The van der Waals surface area contributed by atoms with Crippen molar-refractivity contribution >= 4 is 29.9 Å². The molecule has 1 N–H and O–H groups in total. The lowest BCUT2D eigenvalue weighted by molar-refractivity contribution is 0.129. The van der Waals surface area contributed by atoms with E-state index < -0.39 is 0 Å². The van der Waals surface area contributed by atoms with Crippen molar-refractivity contribution < 1.29 is 9.47 Å². The number of ether oxygens (including phenoxy) is 2. The van der Waals surface area contributed by atoms with Crippen LogP contribution in [-0.2, 0) is 9.47 Å². The molecule has 2 rings (SSSR count). The number of nitrogens with one attached hydrogen (secondary N) is 1. The fourth-order valence-electron chi connectivity index (χ4n) is 3.14. The van der Waals surface area contributed by atoms with E-state index in [1.165, 1.54) is 19.3 Å². The van der Waals surface area contributed by atoms with E-state index in [2.05, 4.69) is 22.1 Å². The summed E-state index contributed by atoms with van der Waals surface area (Å²) < 4.78 is 11.2. The zero-order valence-electron chi connectivity index (χ0n) is 14.1. The highest BCUT2D eigenvalue weighted by Gasteiger charge is 2.42. The Hall–Kier alpha value is -0.0800. The Kier molecular flexibility index (Phi) is 9.66. The molecule has 2 aliphatic rings. The highest BCUT2D eigenvalue weighted by atomic mass is 127. The van der Waals surface area contributed by atoms with Crippen LogP contribution in [0.4, 0.5) is 0 Å². The number of likely N-dealkylation sites (tertiary alicyclic amines) is 1. The molecule has 0 aromatic heterocycles. The first kappa shape index (κ1) is 20.0. The van der Waals surface area contributed by atoms with E-state index in [0.717, 1.165) is 64.9 Å². The second-order valence-corrected chi connectivity index (χ2v) is 6.27. The summed E-state index contributed by atoms with van der Waals surface area (Å²) in [7, 11) is 1.87. The molecule has 0 radical (unpaired) electrons. The standard InChI is InChI=1S/C16H31N3O2.HI/c1-3-4-10-20-11-5-8-18-15(17-2)19-9-6-16(13-19)7-12-21-14-16;/h3-14H2,1-2H3,(H,17,18);1H. The van der Waals surface area contributed by atoms with Crippen molar-refractivity contribution in [2.75, 3.05) is 53.1 Å². The van der Waals surface area contributed by atoms with E-state index in [-0.39, 0.29) is 24.0 Å². The van der Waals surface area contributed by atoms with Gasteiger partial charge in [0.25, 0.3) is 0 Å². The van der Waals surface area contributed by atoms with Crippen molar-refractivity contribution in [3.8, 4) is 0 Å². The van der Waals surface area contributed by atoms with Crippen LogP contribution < -0.4 is 5.32 Å². The molecule has 1 spiro atoms. The maximum absolute atomic E-state index is 5.59. The molecule has 1 unspecified atom stereocenters. The summed E-state index contributed by atoms with van der Waals surface area (Å²) in [5.74, 6) is 1.03. The van der Waals surface area contributed by atoms with Crippen molar-refractivity contribution in [3.05, 3.63) is 0 Å². The molecule has 22 heavy (non-hydrogen) atoms. The van der Waals surface area contributed by atoms with Crippen LogP contribution in [0, 0.1) is 5.41 Å². The molecule has 0 aliphatic carbocycles. The van der Waals surface area contributed by atoms with Crippen molar-refractivity contribution in [2.24, 2.45) is 10.4 Å². The summed E-state index contributed by atoms with van der Waals surface area (Å²) in [4.78, 5) is 6.80. The topological polar surface area (TPSA) is 46.1 Å². The van der Waals surface area contributed by atoms with Crippen LogP contribution in [0.3, 0.4) is 0 Å². The van der Waals surface area contributed by atoms with Gasteiger partial charge in [0.1, 0.15) is 0 Å². The van der Waals surface area contributed by atoms with Gasteiger partial charge in [0.05, 0.1) is 6.61 Å². The summed E-state index contributed by atoms with van der Waals surface area (Å²) in [5.41, 5.74) is 0.390. The molecule has 2 heterocycles. The highest BCUT2D eigenvalue weighted by Crippen LogP contribution is 2.38. The molecule has 0 aromatic carbocycles. The monoisotopic (exact) mass is 425 g/mol. The van der Waals surface area contributed by atoms with Crippen LogP contribution in [-0.4, -0.2) is 64.0 Å². The minimum absolute atomic E-state index is 0. The van der Waals surface area contributed by atoms with E-state index in [1.54, 1.807) is 0 Å². The van der Waals surface area contributed by atoms with Gasteiger partial charge in [-0.05, 0) is 25.7 Å². The maximum Gasteiger partial charge on any atom is 0.193 e. The third-order valence-electron chi connectivity index (χ3n) is 4.53. The van der Waals surface area contributed by atoms with E-state index >= 15 is 0 Å². The van der Waals surface area contributed by atoms with Crippen LogP contribution >= 0.6 is 24.0 Å². The quantitative estimate of drug-likeness (QED) is 0.295. The molecule has 0 aromatic rings. The van der Waals surface area contributed by atoms with Gasteiger partial charge in [0.2, 0.25) is 0 Å². The van der Waals surface area contributed by atoms with Gasteiger partial charge in [-0.1, -0.05) is 13.3 Å². The van der Waals surface area contributed by atoms with E-state index in [4.69, 9.17) is 9.47 Å². The van der Waals surface area contributed by atoms with Gasteiger partial charge in [-0.3, -0.25) is 4.99 Å². The number of nitrogens with zero attached hydrogens (tertiary/aromatic N) is 2. The minimum Gasteiger partial charge on any atom is -0.381 e. The van der Waals surface area contributed by atoms with Gasteiger partial charge in [0.15, 0.2) is 5.96 Å². The van der Waals surface area contributed by atoms with Crippen LogP contribution in [0.1, 0.15) is 39.0 Å². The van der Waals surface area contributed by atoms with Gasteiger partial charge >= 0.3 is 0 Å². The van der Waals surface area contributed by atoms with E-state index in [9.17, 15) is 0 Å². The van der Waals surface area contributed by atoms with E-state index in [1.807, 2.05) is 7.05 Å². The van der Waals surface area contributed by atoms with Crippen molar-refractivity contribution in [2.45, 2.75) is 39.0 Å². The summed E-state index contributed by atoms with van der Waals surface area (Å²) in [6, 6.07) is 0. The number of halogens is 1. The van der Waals surface area contributed by atoms with Gasteiger partial charge < -0.3 is 19.7 Å². The van der Waals surface area contributed by atoms with Crippen LogP contribution in [0.5, 0.6) is 0 Å². The Morgan fingerprint density at radius 3 is 2.82 bits per heavy atom. The zero-order valence-corrected chi connectivity index (χ0v) is 16.4. The molecule has 0 bridgehead atoms. The third-order valence-corrected chi connectivity index (χ3v) is 4.53. The summed E-state index contributed by atoms with van der Waals surface area (Å²) >= 11 is 0. The van der Waals surface area contributed by atoms with Gasteiger partial charge in [-0.25, -0.2) is 0 Å². The molecular weight excluding hydrogens is 393 g/mol. The van der Waals surface area contributed by atoms with Gasteiger partial charge in [-0.15, -0.1) is 24.0 Å². The number of guanidine groups is 1. The van der Waals surface area contributed by atoms with Crippen molar-refractivity contribution in [1.82, 2.24) is 10.2 Å². The molecule has 5 nitrogen and oxygen atoms in total. The molecule has 0 saturated carbocycles. The fraction of sp³-hybridized carbons (Fsp3) is 0.938. The normalized spacial score (nSPS) is 24.8. The molecule has 130 valence electrons. The number of unbranched alkanes of at least 4 members (excludes halogenated alkanes) is 1. The molecule has 2 aliphatic heterocycles. The number of rotatable bonds is 7. The van der Waals surface area contributed by atoms with Crippen LogP contribution in [0.15, 0.2) is 4.99 Å². The minimum atomic E-state index is 0. The molecule has 2 saturated heterocycles. The Morgan fingerprint density at radius 1 is 1.32 bits per heavy atom. The first-order valence-electron chi connectivity index (χ1n) is 8.41. The highest BCUT2D eigenvalue weighted by molar-refractivity contribution is 14.0. The Balaban J connectivity index is 0.00000242. The van der Waals surface area contributed by atoms with Crippen LogP contribution in [0.25, 0.3) is 0 Å². The molecular formula is C16H32IN3O2. The van der Waals surface area contributed by atoms with Crippen molar-refractivity contribution in [3.63, 3.8) is 0 Å². The largest absolute Gasteiger partial charge is 0.381 e. The molecule has 0 amide bonds. The summed E-state index contributed by atoms with van der Waals surface area (Å²) in [5, 5.41) is 3.46. The predicted molar refractivity (Wildman–Crippen MR) is 101 cm³/mol. The van der Waals surface area contributed by atoms with E-state index in [0.29, 0.717) is 5.41 Å². The summed E-state index contributed by atoms with van der Waals surface area (Å²) in [6.07, 6.45) is 5.82. The number of aliphatic imine (C=N–C) groups is 1. The Morgan fingerprint density at radius 2 is 2.14 bits per heavy atom. The van der Waals surface area contributed by atoms with Crippen molar-refractivity contribution in [1.29, 1.82) is 0 Å². The Bertz CT molecular complexity index is 333. The molecule has 1 atom stereocenters. The van der Waals surface area contributed by atoms with Gasteiger partial charge in [0, 0.05) is 51.9 Å². The third kappa shape index (κ3) is 5.85. The number of hydrogen-bond acceptors (Lipinski definition) is 3. The second-order valence-electron chi connectivity index (χ2n) is 6.27. The lowest BCUT2D eigenvalue weighted by Gasteiger charge is -2.24. The first-order chi connectivity index (χ1) is 10.3. The Labute approximate surface area is 152 Å². The predicted octanol–water partition coefficient (Wildman–Crippen LogP) is 2.50. The van der Waals surface area contributed by atoms with Crippen LogP contribution in [0.2, 0.25) is 0 Å². The smallest absolute Gasteiger partial charge is 0.193 e. The molecule has 6 heteroatoms. The maximum atomic E-state index is 5.59. The SMILES string of the molecule is CCCCOCCCNC(=NC)N1CCC2(CCOC2)C1.I. The lowest BCUT2D eigenvalue weighted by atomic mass is 9.87. The fourth-order valence-corrected chi connectivity index (χ4v) is 3.14. The first-order valence-corrected chi connectivity index (χ1v) is 8.41. The van der Waals surface area contributed by atoms with Gasteiger partial charge in [-0.2, -0.15) is 0 Å². The second kappa shape index (κ2) is 10.6. The summed E-state index contributed by atoms with van der Waals surface area (Å²) in [6.45, 7) is 8.87. The average Bonchev–Trinajstić information content (AvgIpc) is 3.13.